The molecule has 0 spiro atoms. The van der Waals surface area contributed by atoms with E-state index in [4.69, 9.17) is 9.47 Å². The summed E-state index contributed by atoms with van der Waals surface area (Å²) < 4.78 is 11.7. The van der Waals surface area contributed by atoms with Crippen LogP contribution < -0.4 is 10.1 Å². The number of nitrogens with zero attached hydrogens (tertiary/aromatic N) is 1. The summed E-state index contributed by atoms with van der Waals surface area (Å²) >= 11 is 0. The molecule has 1 aromatic heterocycles. The molecule has 1 aromatic rings. The van der Waals surface area contributed by atoms with Gasteiger partial charge in [0.1, 0.15) is 11.4 Å². The first-order valence-corrected chi connectivity index (χ1v) is 8.05. The van der Waals surface area contributed by atoms with Gasteiger partial charge < -0.3 is 14.8 Å². The van der Waals surface area contributed by atoms with Crippen LogP contribution in [-0.4, -0.2) is 30.8 Å². The number of hydrogen-bond donors (Lipinski definition) is 1. The number of pyridine rings is 1. The van der Waals surface area contributed by atoms with Crippen LogP contribution in [-0.2, 0) is 4.74 Å². The molecule has 1 heterocycles. The van der Waals surface area contributed by atoms with Crippen LogP contribution >= 0.6 is 0 Å². The summed E-state index contributed by atoms with van der Waals surface area (Å²) in [6, 6.07) is 3.90. The first-order chi connectivity index (χ1) is 10.2. The molecule has 4 heteroatoms. The Labute approximate surface area is 129 Å². The fraction of sp³-hybridized carbons (Fsp3) is 0.706. The van der Waals surface area contributed by atoms with E-state index in [9.17, 15) is 0 Å². The van der Waals surface area contributed by atoms with Gasteiger partial charge in [0, 0.05) is 12.8 Å². The Balaban J connectivity index is 3.25. The van der Waals surface area contributed by atoms with Crippen molar-refractivity contribution < 1.29 is 9.47 Å². The Hall–Kier alpha value is -1.13. The third-order valence-electron chi connectivity index (χ3n) is 4.05. The molecule has 0 fully saturated rings. The van der Waals surface area contributed by atoms with Gasteiger partial charge in [0.15, 0.2) is 0 Å². The number of methoxy groups -OCH3 is 1. The molecular formula is C17H30N2O2. The zero-order valence-corrected chi connectivity index (χ0v) is 14.1. The highest BCUT2D eigenvalue weighted by molar-refractivity contribution is 5.31. The van der Waals surface area contributed by atoms with Crippen molar-refractivity contribution in [3.05, 3.63) is 24.0 Å². The lowest BCUT2D eigenvalue weighted by Crippen LogP contribution is -2.46. The van der Waals surface area contributed by atoms with Crippen LogP contribution in [0.3, 0.4) is 0 Å². The fourth-order valence-electron chi connectivity index (χ4n) is 2.85. The molecule has 4 nitrogen and oxygen atoms in total. The second-order valence-electron chi connectivity index (χ2n) is 5.18. The van der Waals surface area contributed by atoms with E-state index in [0.717, 1.165) is 37.3 Å². The molecule has 1 unspecified atom stereocenters. The molecule has 0 saturated carbocycles. The molecule has 0 aliphatic carbocycles. The van der Waals surface area contributed by atoms with Gasteiger partial charge in [0.2, 0.25) is 0 Å². The van der Waals surface area contributed by atoms with E-state index in [1.54, 1.807) is 7.11 Å². The maximum atomic E-state index is 6.18. The predicted molar refractivity (Wildman–Crippen MR) is 86.8 cm³/mol. The van der Waals surface area contributed by atoms with Crippen molar-refractivity contribution >= 4 is 0 Å². The van der Waals surface area contributed by atoms with Crippen LogP contribution in [0.2, 0.25) is 0 Å². The van der Waals surface area contributed by atoms with E-state index >= 15 is 0 Å². The van der Waals surface area contributed by atoms with Crippen LogP contribution in [0.15, 0.2) is 18.3 Å². The third kappa shape index (κ3) is 4.17. The van der Waals surface area contributed by atoms with Crippen molar-refractivity contribution in [3.63, 3.8) is 0 Å². The average Bonchev–Trinajstić information content (AvgIpc) is 2.54. The van der Waals surface area contributed by atoms with E-state index in [-0.39, 0.29) is 11.6 Å². The first kappa shape index (κ1) is 17.9. The lowest BCUT2D eigenvalue weighted by molar-refractivity contribution is -0.0746. The normalized spacial score (nSPS) is 13.2. The Morgan fingerprint density at radius 1 is 1.24 bits per heavy atom. The summed E-state index contributed by atoms with van der Waals surface area (Å²) in [5, 5.41) is 3.62. The highest BCUT2D eigenvalue weighted by Gasteiger charge is 2.39. The molecule has 0 aromatic carbocycles. The van der Waals surface area contributed by atoms with Crippen LogP contribution in [0, 0.1) is 0 Å². The van der Waals surface area contributed by atoms with Gasteiger partial charge in [-0.05, 0) is 44.9 Å². The minimum Gasteiger partial charge on any atom is -0.495 e. The zero-order chi connectivity index (χ0) is 15.7. The average molecular weight is 294 g/mol. The van der Waals surface area contributed by atoms with E-state index in [2.05, 4.69) is 31.1 Å². The summed E-state index contributed by atoms with van der Waals surface area (Å²) in [4.78, 5) is 4.58. The molecule has 1 N–H and O–H groups in total. The number of rotatable bonds is 10. The van der Waals surface area contributed by atoms with Crippen molar-refractivity contribution in [1.82, 2.24) is 10.3 Å². The molecule has 1 atom stereocenters. The number of nitrogens with one attached hydrogen (secondary N) is 1. The molecule has 0 amide bonds. The minimum atomic E-state index is -0.258. The van der Waals surface area contributed by atoms with Gasteiger partial charge in [0.25, 0.3) is 0 Å². The second-order valence-corrected chi connectivity index (χ2v) is 5.18. The van der Waals surface area contributed by atoms with Crippen LogP contribution in [0.4, 0.5) is 0 Å². The predicted octanol–water partition coefficient (Wildman–Crippen LogP) is 3.73. The molecule has 0 bridgehead atoms. The van der Waals surface area contributed by atoms with Gasteiger partial charge >= 0.3 is 0 Å². The lowest BCUT2D eigenvalue weighted by atomic mass is 9.85. The first-order valence-electron chi connectivity index (χ1n) is 8.05. The Morgan fingerprint density at radius 3 is 2.48 bits per heavy atom. The fourth-order valence-corrected chi connectivity index (χ4v) is 2.85. The maximum absolute atomic E-state index is 6.18. The molecule has 120 valence electrons. The molecule has 0 saturated heterocycles. The highest BCUT2D eigenvalue weighted by atomic mass is 16.5. The smallest absolute Gasteiger partial charge is 0.142 e. The van der Waals surface area contributed by atoms with Gasteiger partial charge in [0.05, 0.1) is 18.8 Å². The standard InChI is InChI=1S/C17H30N2O2/c1-6-12-19-16(17(7-2,8-3)21-9-4)15-14(20-5)11-10-13-18-15/h10-11,13,16,19H,6-9,12H2,1-5H3. The zero-order valence-electron chi connectivity index (χ0n) is 14.1. The van der Waals surface area contributed by atoms with Crippen molar-refractivity contribution in [1.29, 1.82) is 0 Å². The monoisotopic (exact) mass is 294 g/mol. The number of ether oxygens (including phenoxy) is 2. The van der Waals surface area contributed by atoms with Crippen LogP contribution in [0.1, 0.15) is 58.7 Å². The van der Waals surface area contributed by atoms with Gasteiger partial charge in [-0.2, -0.15) is 0 Å². The Bertz CT molecular complexity index is 406. The summed E-state index contributed by atoms with van der Waals surface area (Å²) in [6.45, 7) is 10.2. The van der Waals surface area contributed by atoms with Gasteiger partial charge in [-0.1, -0.05) is 20.8 Å². The van der Waals surface area contributed by atoms with Gasteiger partial charge in [-0.15, -0.1) is 0 Å². The largest absolute Gasteiger partial charge is 0.495 e. The van der Waals surface area contributed by atoms with E-state index in [1.165, 1.54) is 0 Å². The van der Waals surface area contributed by atoms with E-state index in [0.29, 0.717) is 6.61 Å². The summed E-state index contributed by atoms with van der Waals surface area (Å²) in [5.41, 5.74) is 0.677. The maximum Gasteiger partial charge on any atom is 0.142 e. The summed E-state index contributed by atoms with van der Waals surface area (Å²) in [6.07, 6.45) is 4.75. The Morgan fingerprint density at radius 2 is 1.95 bits per heavy atom. The van der Waals surface area contributed by atoms with Crippen molar-refractivity contribution in [2.75, 3.05) is 20.3 Å². The topological polar surface area (TPSA) is 43.4 Å². The van der Waals surface area contributed by atoms with E-state index in [1.807, 2.05) is 25.3 Å². The SMILES string of the molecule is CCCNC(c1ncccc1OC)C(CC)(CC)OCC. The number of hydrogen-bond acceptors (Lipinski definition) is 4. The second kappa shape index (κ2) is 9.00. The lowest BCUT2D eigenvalue weighted by Gasteiger charge is -2.40. The van der Waals surface area contributed by atoms with Crippen LogP contribution in [0.25, 0.3) is 0 Å². The van der Waals surface area contributed by atoms with Gasteiger partial charge in [-0.3, -0.25) is 4.98 Å². The molecule has 1 rings (SSSR count). The van der Waals surface area contributed by atoms with Crippen LogP contribution in [0.5, 0.6) is 5.75 Å². The van der Waals surface area contributed by atoms with Crippen molar-refractivity contribution in [3.8, 4) is 5.75 Å². The minimum absolute atomic E-state index is 0.0311. The Kier molecular flexibility index (Phi) is 7.68. The van der Waals surface area contributed by atoms with E-state index < -0.39 is 0 Å². The molecular weight excluding hydrogens is 264 g/mol. The quantitative estimate of drug-likeness (QED) is 0.714. The molecule has 0 radical (unpaired) electrons. The summed E-state index contributed by atoms with van der Waals surface area (Å²) in [5.74, 6) is 0.817. The third-order valence-corrected chi connectivity index (χ3v) is 4.05. The molecule has 21 heavy (non-hydrogen) atoms. The highest BCUT2D eigenvalue weighted by Crippen LogP contribution is 2.38. The van der Waals surface area contributed by atoms with Gasteiger partial charge in [-0.25, -0.2) is 0 Å². The van der Waals surface area contributed by atoms with Crippen molar-refractivity contribution in [2.45, 2.75) is 58.6 Å². The molecule has 0 aliphatic heterocycles. The summed E-state index contributed by atoms with van der Waals surface area (Å²) in [7, 11) is 1.69. The molecule has 0 aliphatic rings. The van der Waals surface area contributed by atoms with Crippen molar-refractivity contribution in [2.24, 2.45) is 0 Å². The number of aromatic nitrogens is 1.